The van der Waals surface area contributed by atoms with Crippen molar-refractivity contribution in [1.82, 2.24) is 29.0 Å². The Morgan fingerprint density at radius 1 is 1.11 bits per heavy atom. The van der Waals surface area contributed by atoms with Crippen LogP contribution in [0.5, 0.6) is 5.75 Å². The van der Waals surface area contributed by atoms with Crippen LogP contribution in [0.3, 0.4) is 0 Å². The Morgan fingerprint density at radius 3 is 2.65 bits per heavy atom. The van der Waals surface area contributed by atoms with Crippen LogP contribution in [0.2, 0.25) is 0 Å². The molecule has 1 aliphatic rings. The molecule has 0 unspecified atom stereocenters. The van der Waals surface area contributed by atoms with Gasteiger partial charge >= 0.3 is 5.97 Å². The number of carboxylic acid groups (broad SMARTS) is 1. The molecule has 0 saturated carbocycles. The molecular formula is C25H26N8O4. The summed E-state index contributed by atoms with van der Waals surface area (Å²) in [6.07, 6.45) is 3.42. The van der Waals surface area contributed by atoms with E-state index in [1.807, 2.05) is 47.0 Å². The molecule has 37 heavy (non-hydrogen) atoms. The predicted molar refractivity (Wildman–Crippen MR) is 137 cm³/mol. The lowest BCUT2D eigenvalue weighted by Crippen LogP contribution is -2.47. The van der Waals surface area contributed by atoms with Gasteiger partial charge < -0.3 is 29.5 Å². The molecule has 6 rings (SSSR count). The van der Waals surface area contributed by atoms with Gasteiger partial charge in [-0.05, 0) is 42.5 Å². The Morgan fingerprint density at radius 2 is 1.92 bits per heavy atom. The summed E-state index contributed by atoms with van der Waals surface area (Å²) in [5.74, 6) is 0.529. The molecule has 3 N–H and O–H groups in total. The second-order valence-electron chi connectivity index (χ2n) is 8.89. The second kappa shape index (κ2) is 9.47. The zero-order valence-corrected chi connectivity index (χ0v) is 20.0. The first-order valence-corrected chi connectivity index (χ1v) is 12.0. The number of furan rings is 1. The number of nitrogens with zero attached hydrogens (tertiary/aromatic N) is 7. The zero-order valence-electron chi connectivity index (χ0n) is 20.0. The van der Waals surface area contributed by atoms with Gasteiger partial charge in [-0.2, -0.15) is 14.6 Å². The van der Waals surface area contributed by atoms with E-state index in [9.17, 15) is 4.79 Å². The molecule has 0 aliphatic carbocycles. The minimum Gasteiger partial charge on any atom is -0.482 e. The normalized spacial score (nSPS) is 14.5. The third-order valence-electron chi connectivity index (χ3n) is 6.57. The molecule has 5 aromatic rings. The Kier molecular flexibility index (Phi) is 5.85. The number of aromatic nitrogens is 5. The molecular weight excluding hydrogens is 476 g/mol. The summed E-state index contributed by atoms with van der Waals surface area (Å²) in [7, 11) is 0. The number of carboxylic acids is 1. The molecule has 1 saturated heterocycles. The first-order chi connectivity index (χ1) is 18.0. The Balaban J connectivity index is 1.09. The topological polar surface area (TPSA) is 140 Å². The fraction of sp³-hybridized carbons (Fsp3) is 0.280. The summed E-state index contributed by atoms with van der Waals surface area (Å²) >= 11 is 0. The SMILES string of the molecule is Nc1nc2c(ncn2CCN2CCN(c3ccc(OCC(=O)O)cc3)CC2)c2cc(-c3ccco3)nn12. The van der Waals surface area contributed by atoms with Crippen molar-refractivity contribution >= 4 is 34.3 Å². The predicted octanol–water partition coefficient (Wildman–Crippen LogP) is 2.21. The maximum absolute atomic E-state index is 10.7. The molecule has 12 nitrogen and oxygen atoms in total. The van der Waals surface area contributed by atoms with Crippen LogP contribution in [0.15, 0.2) is 59.5 Å². The van der Waals surface area contributed by atoms with Crippen LogP contribution in [0.1, 0.15) is 0 Å². The lowest BCUT2D eigenvalue weighted by molar-refractivity contribution is -0.139. The van der Waals surface area contributed by atoms with E-state index in [2.05, 4.69) is 24.9 Å². The van der Waals surface area contributed by atoms with E-state index in [4.69, 9.17) is 20.0 Å². The largest absolute Gasteiger partial charge is 0.482 e. The number of carbonyl (C=O) groups is 1. The third kappa shape index (κ3) is 4.54. The van der Waals surface area contributed by atoms with Gasteiger partial charge in [0.25, 0.3) is 0 Å². The number of hydrogen-bond acceptors (Lipinski definition) is 9. The monoisotopic (exact) mass is 502 g/mol. The lowest BCUT2D eigenvalue weighted by Gasteiger charge is -2.36. The zero-order chi connectivity index (χ0) is 25.4. The van der Waals surface area contributed by atoms with Crippen LogP contribution in [-0.4, -0.2) is 79.5 Å². The Bertz CT molecular complexity index is 1530. The smallest absolute Gasteiger partial charge is 0.341 e. The number of nitrogen functional groups attached to an aromatic ring is 1. The van der Waals surface area contributed by atoms with Crippen molar-refractivity contribution < 1.29 is 19.1 Å². The van der Waals surface area contributed by atoms with E-state index >= 15 is 0 Å². The van der Waals surface area contributed by atoms with Gasteiger partial charge in [0.2, 0.25) is 5.95 Å². The van der Waals surface area contributed by atoms with Crippen LogP contribution in [0, 0.1) is 0 Å². The maximum atomic E-state index is 10.7. The van der Waals surface area contributed by atoms with Crippen LogP contribution >= 0.6 is 0 Å². The summed E-state index contributed by atoms with van der Waals surface area (Å²) in [5.41, 5.74) is 10.3. The average molecular weight is 503 g/mol. The fourth-order valence-electron chi connectivity index (χ4n) is 4.64. The van der Waals surface area contributed by atoms with E-state index < -0.39 is 5.97 Å². The van der Waals surface area contributed by atoms with E-state index in [1.165, 1.54) is 0 Å². The maximum Gasteiger partial charge on any atom is 0.341 e. The molecule has 1 fully saturated rings. The van der Waals surface area contributed by atoms with Crippen molar-refractivity contribution in [2.24, 2.45) is 0 Å². The van der Waals surface area contributed by atoms with Crippen molar-refractivity contribution in [1.29, 1.82) is 0 Å². The van der Waals surface area contributed by atoms with Crippen LogP contribution in [-0.2, 0) is 11.3 Å². The van der Waals surface area contributed by atoms with Crippen LogP contribution in [0.25, 0.3) is 28.1 Å². The summed E-state index contributed by atoms with van der Waals surface area (Å²) in [6, 6.07) is 13.1. The minimum atomic E-state index is -0.988. The molecule has 5 heterocycles. The number of nitrogens with two attached hydrogens (primary N) is 1. The van der Waals surface area contributed by atoms with Crippen LogP contribution < -0.4 is 15.4 Å². The molecule has 0 spiro atoms. The number of imidazole rings is 1. The number of fused-ring (bicyclic) bond motifs is 3. The van der Waals surface area contributed by atoms with Crippen molar-refractivity contribution in [2.45, 2.75) is 6.54 Å². The molecule has 190 valence electrons. The van der Waals surface area contributed by atoms with Gasteiger partial charge in [-0.1, -0.05) is 0 Å². The molecule has 0 bridgehead atoms. The van der Waals surface area contributed by atoms with E-state index in [1.54, 1.807) is 17.1 Å². The highest BCUT2D eigenvalue weighted by atomic mass is 16.5. The molecule has 4 aromatic heterocycles. The molecule has 0 radical (unpaired) electrons. The first kappa shape index (κ1) is 22.9. The number of rotatable bonds is 8. The minimum absolute atomic E-state index is 0.301. The molecule has 0 amide bonds. The molecule has 1 aliphatic heterocycles. The van der Waals surface area contributed by atoms with Crippen molar-refractivity contribution in [3.63, 3.8) is 0 Å². The number of benzene rings is 1. The van der Waals surface area contributed by atoms with Crippen molar-refractivity contribution in [2.75, 3.05) is 50.0 Å². The summed E-state index contributed by atoms with van der Waals surface area (Å²) in [5, 5.41) is 13.3. The number of anilines is 2. The summed E-state index contributed by atoms with van der Waals surface area (Å²) in [6.45, 7) is 4.93. The molecule has 1 aromatic carbocycles. The fourth-order valence-corrected chi connectivity index (χ4v) is 4.64. The van der Waals surface area contributed by atoms with Gasteiger partial charge in [0, 0.05) is 45.0 Å². The third-order valence-corrected chi connectivity index (χ3v) is 6.57. The lowest BCUT2D eigenvalue weighted by atomic mass is 10.2. The highest BCUT2D eigenvalue weighted by Gasteiger charge is 2.19. The van der Waals surface area contributed by atoms with Crippen molar-refractivity contribution in [3.05, 3.63) is 55.1 Å². The number of hydrogen-bond donors (Lipinski definition) is 2. The summed E-state index contributed by atoms with van der Waals surface area (Å²) in [4.78, 5) is 24.6. The highest BCUT2D eigenvalue weighted by Crippen LogP contribution is 2.26. The highest BCUT2D eigenvalue weighted by molar-refractivity contribution is 5.90. The average Bonchev–Trinajstić information content (AvgIpc) is 3.67. The number of ether oxygens (including phenoxy) is 1. The number of piperazine rings is 1. The van der Waals surface area contributed by atoms with Gasteiger partial charge in [-0.3, -0.25) is 4.90 Å². The quantitative estimate of drug-likeness (QED) is 0.324. The van der Waals surface area contributed by atoms with Gasteiger partial charge in [0.1, 0.15) is 22.5 Å². The van der Waals surface area contributed by atoms with Gasteiger partial charge in [-0.15, -0.1) is 0 Å². The molecule has 12 heteroatoms. The van der Waals surface area contributed by atoms with E-state index in [0.29, 0.717) is 23.2 Å². The number of aliphatic carboxylic acids is 1. The molecule has 0 atom stereocenters. The Hall–Kier alpha value is -4.58. The van der Waals surface area contributed by atoms with Gasteiger partial charge in [0.05, 0.1) is 12.6 Å². The van der Waals surface area contributed by atoms with E-state index in [-0.39, 0.29) is 6.61 Å². The second-order valence-corrected chi connectivity index (χ2v) is 8.89. The van der Waals surface area contributed by atoms with Gasteiger partial charge in [0.15, 0.2) is 18.0 Å². The summed E-state index contributed by atoms with van der Waals surface area (Å²) < 4.78 is 14.3. The Labute approximate surface area is 211 Å². The first-order valence-electron chi connectivity index (χ1n) is 12.0. The standard InChI is InChI=1S/C25H26N8O4/c26-25-28-24-23(20-14-19(29-33(20)25)21-2-1-13-36-21)27-16-32(24)12-9-30-7-10-31(11-8-30)17-3-5-18(6-4-17)37-15-22(34)35/h1-6,13-14,16H,7-12,15H2,(H2,26,28)(H,34,35). The van der Waals surface area contributed by atoms with Crippen LogP contribution in [0.4, 0.5) is 11.6 Å². The van der Waals surface area contributed by atoms with Crippen molar-refractivity contribution in [3.8, 4) is 17.2 Å². The van der Waals surface area contributed by atoms with Gasteiger partial charge in [-0.25, -0.2) is 9.78 Å². The van der Waals surface area contributed by atoms with E-state index in [0.717, 1.165) is 61.6 Å².